The van der Waals surface area contributed by atoms with Crippen molar-refractivity contribution < 1.29 is 0 Å². The number of halogens is 1. The van der Waals surface area contributed by atoms with E-state index in [2.05, 4.69) is 41.5 Å². The van der Waals surface area contributed by atoms with Gasteiger partial charge in [-0.15, -0.1) is 11.8 Å². The van der Waals surface area contributed by atoms with Crippen LogP contribution in [0.15, 0.2) is 47.6 Å². The van der Waals surface area contributed by atoms with E-state index in [9.17, 15) is 0 Å². The van der Waals surface area contributed by atoms with E-state index in [1.165, 1.54) is 16.0 Å². The lowest BCUT2D eigenvalue weighted by molar-refractivity contribution is 0.450. The number of hydrogen-bond donors (Lipinski definition) is 1. The Hall–Kier alpha value is -1.03. The predicted molar refractivity (Wildman–Crippen MR) is 85.3 cm³/mol. The molecule has 1 aromatic heterocycles. The van der Waals surface area contributed by atoms with Gasteiger partial charge in [-0.3, -0.25) is 4.98 Å². The maximum atomic E-state index is 6.15. The molecule has 2 nitrogen and oxygen atoms in total. The van der Waals surface area contributed by atoms with Crippen LogP contribution in [0, 0.1) is 0 Å². The first kappa shape index (κ1) is 13.9. The quantitative estimate of drug-likeness (QED) is 0.895. The molecule has 0 spiro atoms. The van der Waals surface area contributed by atoms with Crippen molar-refractivity contribution in [3.8, 4) is 0 Å². The largest absolute Gasteiger partial charge is 0.303 e. The molecule has 1 aliphatic rings. The first-order valence-corrected chi connectivity index (χ1v) is 8.18. The monoisotopic (exact) mass is 304 g/mol. The van der Waals surface area contributed by atoms with Gasteiger partial charge in [0.2, 0.25) is 0 Å². The zero-order valence-corrected chi connectivity index (χ0v) is 12.9. The van der Waals surface area contributed by atoms with Gasteiger partial charge in [-0.1, -0.05) is 11.6 Å². The number of rotatable bonds is 3. The summed E-state index contributed by atoms with van der Waals surface area (Å²) in [5.41, 5.74) is 2.59. The lowest BCUT2D eigenvalue weighted by Crippen LogP contribution is -2.27. The standard InChI is InChI=1S/C16H17ClN2S/c1-11(12-4-7-18-8-5-12)19-15-6-9-20-16-3-2-13(17)10-14(15)16/h2-5,7-8,10-11,15,19H,6,9H2,1H3/t11-,15?/m0/s1. The molecule has 1 aliphatic heterocycles. The van der Waals surface area contributed by atoms with Crippen molar-refractivity contribution in [3.63, 3.8) is 0 Å². The zero-order valence-electron chi connectivity index (χ0n) is 11.3. The highest BCUT2D eigenvalue weighted by atomic mass is 35.5. The second-order valence-corrected chi connectivity index (χ2v) is 6.61. The third-order valence-electron chi connectivity index (χ3n) is 3.67. The van der Waals surface area contributed by atoms with Crippen molar-refractivity contribution >= 4 is 23.4 Å². The minimum Gasteiger partial charge on any atom is -0.303 e. The Morgan fingerprint density at radius 1 is 1.30 bits per heavy atom. The van der Waals surface area contributed by atoms with Gasteiger partial charge in [0.05, 0.1) is 0 Å². The summed E-state index contributed by atoms with van der Waals surface area (Å²) in [6, 6.07) is 11.0. The van der Waals surface area contributed by atoms with Crippen LogP contribution < -0.4 is 5.32 Å². The molecule has 1 aromatic carbocycles. The summed E-state index contributed by atoms with van der Waals surface area (Å²) in [6.07, 6.45) is 4.82. The van der Waals surface area contributed by atoms with Gasteiger partial charge in [0.15, 0.2) is 0 Å². The van der Waals surface area contributed by atoms with Crippen LogP contribution in [0.25, 0.3) is 0 Å². The molecule has 3 rings (SSSR count). The summed E-state index contributed by atoms with van der Waals surface area (Å²) in [5, 5.41) is 4.53. The Labute approximate surface area is 129 Å². The molecular weight excluding hydrogens is 288 g/mol. The average molecular weight is 305 g/mol. The van der Waals surface area contributed by atoms with Crippen molar-refractivity contribution in [1.29, 1.82) is 0 Å². The highest BCUT2D eigenvalue weighted by Gasteiger charge is 2.22. The molecule has 4 heteroatoms. The van der Waals surface area contributed by atoms with Crippen LogP contribution in [0.1, 0.15) is 36.6 Å². The van der Waals surface area contributed by atoms with E-state index in [0.29, 0.717) is 12.1 Å². The fourth-order valence-corrected chi connectivity index (χ4v) is 3.87. The zero-order chi connectivity index (χ0) is 13.9. The Morgan fingerprint density at radius 3 is 2.90 bits per heavy atom. The molecule has 0 saturated carbocycles. The lowest BCUT2D eigenvalue weighted by Gasteiger charge is -2.29. The Kier molecular flexibility index (Phi) is 4.29. The highest BCUT2D eigenvalue weighted by Crippen LogP contribution is 2.38. The molecule has 0 aliphatic carbocycles. The number of nitrogens with zero attached hydrogens (tertiary/aromatic N) is 1. The van der Waals surface area contributed by atoms with Gasteiger partial charge in [-0.25, -0.2) is 0 Å². The molecule has 104 valence electrons. The number of benzene rings is 1. The second kappa shape index (κ2) is 6.17. The molecule has 0 fully saturated rings. The molecule has 1 N–H and O–H groups in total. The lowest BCUT2D eigenvalue weighted by atomic mass is 10.0. The Balaban J connectivity index is 1.81. The van der Waals surface area contributed by atoms with Crippen molar-refractivity contribution in [2.75, 3.05) is 5.75 Å². The number of fused-ring (bicyclic) bond motifs is 1. The van der Waals surface area contributed by atoms with Crippen molar-refractivity contribution in [2.24, 2.45) is 0 Å². The Bertz CT molecular complexity index is 588. The van der Waals surface area contributed by atoms with Crippen molar-refractivity contribution in [3.05, 3.63) is 58.9 Å². The van der Waals surface area contributed by atoms with Crippen molar-refractivity contribution in [1.82, 2.24) is 10.3 Å². The van der Waals surface area contributed by atoms with Crippen LogP contribution in [0.2, 0.25) is 5.02 Å². The minimum absolute atomic E-state index is 0.304. The normalized spacial score (nSPS) is 19.4. The van der Waals surface area contributed by atoms with Crippen LogP contribution >= 0.6 is 23.4 Å². The highest BCUT2D eigenvalue weighted by molar-refractivity contribution is 7.99. The fraction of sp³-hybridized carbons (Fsp3) is 0.312. The van der Waals surface area contributed by atoms with Crippen LogP contribution in [-0.2, 0) is 0 Å². The van der Waals surface area contributed by atoms with Crippen LogP contribution in [0.4, 0.5) is 0 Å². The fourth-order valence-electron chi connectivity index (χ4n) is 2.59. The first-order chi connectivity index (χ1) is 9.74. The third-order valence-corrected chi connectivity index (χ3v) is 5.03. The van der Waals surface area contributed by atoms with E-state index in [4.69, 9.17) is 11.6 Å². The molecular formula is C16H17ClN2S. The summed E-state index contributed by atoms with van der Waals surface area (Å²) in [4.78, 5) is 5.42. The number of aromatic nitrogens is 1. The van der Waals surface area contributed by atoms with Crippen molar-refractivity contribution in [2.45, 2.75) is 30.3 Å². The molecule has 0 bridgehead atoms. The van der Waals surface area contributed by atoms with E-state index < -0.39 is 0 Å². The van der Waals surface area contributed by atoms with Gasteiger partial charge in [-0.2, -0.15) is 0 Å². The smallest absolute Gasteiger partial charge is 0.0410 e. The van der Waals surface area contributed by atoms with E-state index in [-0.39, 0.29) is 0 Å². The van der Waals surface area contributed by atoms with E-state index in [0.717, 1.165) is 17.2 Å². The third kappa shape index (κ3) is 3.00. The SMILES string of the molecule is C[C@H](NC1CCSc2ccc(Cl)cc21)c1ccncc1. The maximum Gasteiger partial charge on any atom is 0.0410 e. The molecule has 2 atom stereocenters. The summed E-state index contributed by atoms with van der Waals surface area (Å²) in [6.45, 7) is 2.20. The summed E-state index contributed by atoms with van der Waals surface area (Å²) >= 11 is 8.07. The number of pyridine rings is 1. The molecule has 2 aromatic rings. The van der Waals surface area contributed by atoms with Gasteiger partial charge in [0.1, 0.15) is 0 Å². The first-order valence-electron chi connectivity index (χ1n) is 6.82. The van der Waals surface area contributed by atoms with Gasteiger partial charge < -0.3 is 5.32 Å². The van der Waals surface area contributed by atoms with E-state index in [1.54, 1.807) is 0 Å². The van der Waals surface area contributed by atoms with Gasteiger partial charge in [0, 0.05) is 34.4 Å². The topological polar surface area (TPSA) is 24.9 Å². The number of thioether (sulfide) groups is 1. The van der Waals surface area contributed by atoms with E-state index in [1.807, 2.05) is 30.2 Å². The van der Waals surface area contributed by atoms with Crippen LogP contribution in [0.3, 0.4) is 0 Å². The van der Waals surface area contributed by atoms with Crippen LogP contribution in [-0.4, -0.2) is 10.7 Å². The molecule has 2 heterocycles. The number of nitrogens with one attached hydrogen (secondary N) is 1. The average Bonchev–Trinajstić information content (AvgIpc) is 2.49. The maximum absolute atomic E-state index is 6.15. The van der Waals surface area contributed by atoms with Gasteiger partial charge in [-0.05, 0) is 60.6 Å². The summed E-state index contributed by atoms with van der Waals surface area (Å²) < 4.78 is 0. The summed E-state index contributed by atoms with van der Waals surface area (Å²) in [7, 11) is 0. The predicted octanol–water partition coefficient (Wildman–Crippen LogP) is 4.62. The molecule has 20 heavy (non-hydrogen) atoms. The molecule has 0 radical (unpaired) electrons. The molecule has 0 amide bonds. The summed E-state index contributed by atoms with van der Waals surface area (Å²) in [5.74, 6) is 1.15. The molecule has 0 saturated heterocycles. The number of hydrogen-bond acceptors (Lipinski definition) is 3. The Morgan fingerprint density at radius 2 is 2.10 bits per heavy atom. The second-order valence-electron chi connectivity index (χ2n) is 5.04. The van der Waals surface area contributed by atoms with Crippen LogP contribution in [0.5, 0.6) is 0 Å². The van der Waals surface area contributed by atoms with Gasteiger partial charge >= 0.3 is 0 Å². The minimum atomic E-state index is 0.304. The van der Waals surface area contributed by atoms with E-state index >= 15 is 0 Å². The molecule has 1 unspecified atom stereocenters. The van der Waals surface area contributed by atoms with Gasteiger partial charge in [0.25, 0.3) is 0 Å².